The maximum atomic E-state index is 9.92. The highest BCUT2D eigenvalue weighted by atomic mass is 31.2. The van der Waals surface area contributed by atoms with Gasteiger partial charge in [-0.05, 0) is 20.8 Å². The van der Waals surface area contributed by atoms with Crippen LogP contribution < -0.4 is 0 Å². The standard InChI is InChI=1S/C3H9O5P.3C3H6/c1-7-2-3-8-9(4,5)6;3*1-3-2/h2-3H2,1H3,(H2,4,5,6);3*3H,1H2,2H3. The molecule has 0 aliphatic rings. The maximum absolute atomic E-state index is 9.92. The van der Waals surface area contributed by atoms with Gasteiger partial charge in [-0.2, -0.15) is 0 Å². The summed E-state index contributed by atoms with van der Waals surface area (Å²) in [4.78, 5) is 16.2. The number of allylic oxidation sites excluding steroid dienone is 3. The van der Waals surface area contributed by atoms with Gasteiger partial charge in [0.2, 0.25) is 0 Å². The highest BCUT2D eigenvalue weighted by Gasteiger charge is 2.11. The second-order valence-electron chi connectivity index (χ2n) is 2.54. The molecule has 0 atom stereocenters. The molecule has 0 saturated heterocycles. The first-order valence-electron chi connectivity index (χ1n) is 5.21. The van der Waals surface area contributed by atoms with Gasteiger partial charge in [0, 0.05) is 7.11 Å². The molecule has 0 bridgehead atoms. The highest BCUT2D eigenvalue weighted by molar-refractivity contribution is 7.46. The van der Waals surface area contributed by atoms with Gasteiger partial charge in [0.15, 0.2) is 0 Å². The van der Waals surface area contributed by atoms with Crippen LogP contribution in [0.4, 0.5) is 0 Å². The highest BCUT2D eigenvalue weighted by Crippen LogP contribution is 2.35. The first-order valence-corrected chi connectivity index (χ1v) is 6.74. The molecule has 0 radical (unpaired) electrons. The third-order valence-electron chi connectivity index (χ3n) is 0.547. The van der Waals surface area contributed by atoms with E-state index in [-0.39, 0.29) is 13.2 Å². The number of hydrogen-bond acceptors (Lipinski definition) is 3. The third-order valence-corrected chi connectivity index (χ3v) is 1.07. The molecule has 0 aromatic heterocycles. The van der Waals surface area contributed by atoms with Crippen LogP contribution in [0.15, 0.2) is 38.0 Å². The van der Waals surface area contributed by atoms with E-state index in [9.17, 15) is 4.57 Å². The van der Waals surface area contributed by atoms with Gasteiger partial charge < -0.3 is 14.5 Å². The van der Waals surface area contributed by atoms with Crippen molar-refractivity contribution in [3.8, 4) is 0 Å². The average Bonchev–Trinajstić information content (AvgIpc) is 2.19. The number of ether oxygens (including phenoxy) is 1. The molecule has 0 aromatic carbocycles. The zero-order chi connectivity index (χ0) is 15.4. The molecule has 0 amide bonds. The second-order valence-corrected chi connectivity index (χ2v) is 3.78. The van der Waals surface area contributed by atoms with Crippen LogP contribution >= 0.6 is 7.82 Å². The largest absolute Gasteiger partial charge is 0.469 e. The molecule has 18 heavy (non-hydrogen) atoms. The molecule has 0 spiro atoms. The van der Waals surface area contributed by atoms with Crippen LogP contribution in [0.1, 0.15) is 20.8 Å². The van der Waals surface area contributed by atoms with Crippen molar-refractivity contribution in [2.45, 2.75) is 20.8 Å². The molecular formula is C12H27O5P. The smallest absolute Gasteiger partial charge is 0.382 e. The van der Waals surface area contributed by atoms with Gasteiger partial charge >= 0.3 is 7.82 Å². The van der Waals surface area contributed by atoms with Crippen LogP contribution in [0, 0.1) is 0 Å². The Bertz CT molecular complexity index is 196. The van der Waals surface area contributed by atoms with Gasteiger partial charge in [0.25, 0.3) is 0 Å². The first-order chi connectivity index (χ1) is 8.30. The molecule has 2 N–H and O–H groups in total. The van der Waals surface area contributed by atoms with Crippen LogP contribution in [-0.2, 0) is 13.8 Å². The number of methoxy groups -OCH3 is 1. The van der Waals surface area contributed by atoms with E-state index >= 15 is 0 Å². The predicted octanol–water partition coefficient (Wildman–Crippen LogP) is 3.32. The zero-order valence-corrected chi connectivity index (χ0v) is 12.7. The van der Waals surface area contributed by atoms with Crippen LogP contribution in [0.2, 0.25) is 0 Å². The van der Waals surface area contributed by atoms with Gasteiger partial charge in [-0.15, -0.1) is 19.7 Å². The molecule has 6 heteroatoms. The van der Waals surface area contributed by atoms with Crippen molar-refractivity contribution >= 4 is 7.82 Å². The molecule has 0 aliphatic carbocycles. The van der Waals surface area contributed by atoms with E-state index in [1.54, 1.807) is 18.2 Å². The van der Waals surface area contributed by atoms with Crippen molar-refractivity contribution < 1.29 is 23.6 Å². The lowest BCUT2D eigenvalue weighted by atomic mass is 10.8. The number of hydrogen-bond donors (Lipinski definition) is 2. The Labute approximate surface area is 111 Å². The van der Waals surface area contributed by atoms with Crippen molar-refractivity contribution in [3.05, 3.63) is 38.0 Å². The first kappa shape index (κ1) is 26.0. The molecule has 0 aromatic rings. The molecule has 5 nitrogen and oxygen atoms in total. The van der Waals surface area contributed by atoms with Crippen molar-refractivity contribution in [1.29, 1.82) is 0 Å². The Hall–Kier alpha value is -0.710. The van der Waals surface area contributed by atoms with Gasteiger partial charge in [-0.3, -0.25) is 4.52 Å². The Morgan fingerprint density at radius 3 is 1.44 bits per heavy atom. The van der Waals surface area contributed by atoms with Crippen LogP contribution in [-0.4, -0.2) is 30.1 Å². The Morgan fingerprint density at radius 1 is 1.00 bits per heavy atom. The van der Waals surface area contributed by atoms with Crippen LogP contribution in [0.25, 0.3) is 0 Å². The quantitative estimate of drug-likeness (QED) is 0.470. The van der Waals surface area contributed by atoms with E-state index in [0.717, 1.165) is 0 Å². The van der Waals surface area contributed by atoms with Crippen molar-refractivity contribution in [2.75, 3.05) is 20.3 Å². The summed E-state index contributed by atoms with van der Waals surface area (Å²) in [5.41, 5.74) is 0. The Kier molecular flexibility index (Phi) is 36.4. The minimum Gasteiger partial charge on any atom is -0.382 e. The zero-order valence-electron chi connectivity index (χ0n) is 11.8. The lowest BCUT2D eigenvalue weighted by Gasteiger charge is -2.02. The second kappa shape index (κ2) is 25.2. The summed E-state index contributed by atoms with van der Waals surface area (Å²) in [6.45, 7) is 15.9. The third kappa shape index (κ3) is 112. The van der Waals surface area contributed by atoms with E-state index in [1.807, 2.05) is 20.8 Å². The fourth-order valence-electron chi connectivity index (χ4n) is 0.240. The molecule has 0 rings (SSSR count). The topological polar surface area (TPSA) is 76.0 Å². The maximum Gasteiger partial charge on any atom is 0.469 e. The molecular weight excluding hydrogens is 255 g/mol. The number of phosphoric ester groups is 1. The normalized spacial score (nSPS) is 8.11. The minimum absolute atomic E-state index is 0.0826. The lowest BCUT2D eigenvalue weighted by Crippen LogP contribution is -1.99. The fourth-order valence-corrected chi connectivity index (χ4v) is 0.552. The summed E-state index contributed by atoms with van der Waals surface area (Å²) in [5, 5.41) is 0. The van der Waals surface area contributed by atoms with E-state index < -0.39 is 7.82 Å². The minimum atomic E-state index is -4.28. The van der Waals surface area contributed by atoms with Crippen LogP contribution in [0.3, 0.4) is 0 Å². The fraction of sp³-hybridized carbons (Fsp3) is 0.500. The molecule has 0 fully saturated rings. The van der Waals surface area contributed by atoms with E-state index in [2.05, 4.69) is 29.0 Å². The molecule has 0 heterocycles. The summed E-state index contributed by atoms with van der Waals surface area (Å²) < 4.78 is 18.4. The summed E-state index contributed by atoms with van der Waals surface area (Å²) in [5.74, 6) is 0. The van der Waals surface area contributed by atoms with Gasteiger partial charge in [0.05, 0.1) is 13.2 Å². The van der Waals surface area contributed by atoms with E-state index in [0.29, 0.717) is 0 Å². The molecule has 0 aliphatic heterocycles. The summed E-state index contributed by atoms with van der Waals surface area (Å²) in [6, 6.07) is 0. The van der Waals surface area contributed by atoms with Crippen molar-refractivity contribution in [2.24, 2.45) is 0 Å². The van der Waals surface area contributed by atoms with Crippen LogP contribution in [0.5, 0.6) is 0 Å². The van der Waals surface area contributed by atoms with Gasteiger partial charge in [-0.25, -0.2) is 4.57 Å². The molecule has 110 valence electrons. The monoisotopic (exact) mass is 282 g/mol. The number of phosphoric acid groups is 1. The molecule has 0 saturated carbocycles. The Morgan fingerprint density at radius 2 is 1.28 bits per heavy atom. The average molecular weight is 282 g/mol. The van der Waals surface area contributed by atoms with Crippen molar-refractivity contribution in [3.63, 3.8) is 0 Å². The van der Waals surface area contributed by atoms with E-state index in [1.165, 1.54) is 7.11 Å². The summed E-state index contributed by atoms with van der Waals surface area (Å²) in [6.07, 6.45) is 5.25. The number of rotatable bonds is 4. The Balaban J connectivity index is -0.0000000902. The summed E-state index contributed by atoms with van der Waals surface area (Å²) >= 11 is 0. The van der Waals surface area contributed by atoms with Gasteiger partial charge in [0.1, 0.15) is 0 Å². The predicted molar refractivity (Wildman–Crippen MR) is 77.5 cm³/mol. The molecule has 0 unspecified atom stereocenters. The van der Waals surface area contributed by atoms with Gasteiger partial charge in [-0.1, -0.05) is 18.2 Å². The SMILES string of the molecule is C=CC.C=CC.C=CC.COCCOP(=O)(O)O. The van der Waals surface area contributed by atoms with Crippen molar-refractivity contribution in [1.82, 2.24) is 0 Å². The summed E-state index contributed by atoms with van der Waals surface area (Å²) in [7, 11) is -2.86. The lowest BCUT2D eigenvalue weighted by molar-refractivity contribution is 0.120. The van der Waals surface area contributed by atoms with E-state index in [4.69, 9.17) is 9.79 Å².